The van der Waals surface area contributed by atoms with Gasteiger partial charge in [-0.25, -0.2) is 9.78 Å². The van der Waals surface area contributed by atoms with E-state index in [4.69, 9.17) is 19.2 Å². The molecule has 0 aromatic rings. The van der Waals surface area contributed by atoms with Crippen molar-refractivity contribution in [1.29, 1.82) is 0 Å². The molecular weight excluding hydrogens is 460 g/mol. The predicted octanol–water partition coefficient (Wildman–Crippen LogP) is 7.82. The topological polar surface area (TPSA) is 54.0 Å². The molecule has 1 aliphatic rings. The van der Waals surface area contributed by atoms with Crippen LogP contribution in [0.25, 0.3) is 0 Å². The number of rotatable bonds is 20. The summed E-state index contributed by atoms with van der Waals surface area (Å²) in [6.45, 7) is 19.1. The minimum absolute atomic E-state index is 0.0169. The van der Waals surface area contributed by atoms with Crippen molar-refractivity contribution in [2.24, 2.45) is 11.8 Å². The molecule has 0 saturated heterocycles. The van der Waals surface area contributed by atoms with Gasteiger partial charge in [-0.15, -0.1) is 11.8 Å². The first-order valence-corrected chi connectivity index (χ1v) is 14.1. The maximum absolute atomic E-state index is 13.0. The Kier molecular flexibility index (Phi) is 14.7. The van der Waals surface area contributed by atoms with E-state index in [0.717, 1.165) is 29.7 Å². The summed E-state index contributed by atoms with van der Waals surface area (Å²) in [5, 5.41) is 0.506. The van der Waals surface area contributed by atoms with Gasteiger partial charge in [0.2, 0.25) is 0 Å². The fourth-order valence-corrected chi connectivity index (χ4v) is 4.81. The van der Waals surface area contributed by atoms with Crippen LogP contribution in [0.1, 0.15) is 93.4 Å². The van der Waals surface area contributed by atoms with E-state index in [-0.39, 0.29) is 30.7 Å². The number of hydrogen-bond acceptors (Lipinski definition) is 6. The number of thioether (sulfide) groups is 1. The molecule has 0 spiro atoms. The van der Waals surface area contributed by atoms with Crippen LogP contribution in [0.2, 0.25) is 0 Å². The zero-order valence-electron chi connectivity index (χ0n) is 23.5. The van der Waals surface area contributed by atoms with Gasteiger partial charge in [-0.3, -0.25) is 4.79 Å². The van der Waals surface area contributed by atoms with Crippen molar-refractivity contribution >= 4 is 17.5 Å². The molecule has 0 aromatic heterocycles. The zero-order chi connectivity index (χ0) is 26.5. The van der Waals surface area contributed by atoms with Gasteiger partial charge in [-0.2, -0.15) is 0 Å². The molecule has 0 amide bonds. The van der Waals surface area contributed by atoms with Gasteiger partial charge in [-0.1, -0.05) is 78.2 Å². The van der Waals surface area contributed by atoms with Crippen LogP contribution in [0.5, 0.6) is 0 Å². The SMILES string of the molecule is C=C(/C=C(\C=C/C(C)CC)SC(C)CCCC)CC(OCOC)(C(C)=O)C(C)COOC1(C)CC1. The second-order valence-corrected chi connectivity index (χ2v) is 11.9. The van der Waals surface area contributed by atoms with E-state index in [9.17, 15) is 4.79 Å². The average Bonchev–Trinajstić information content (AvgIpc) is 3.54. The number of ether oxygens (including phenoxy) is 2. The van der Waals surface area contributed by atoms with Crippen LogP contribution in [0, 0.1) is 11.8 Å². The van der Waals surface area contributed by atoms with Gasteiger partial charge in [-0.05, 0) is 45.1 Å². The lowest BCUT2D eigenvalue weighted by Gasteiger charge is -2.36. The maximum Gasteiger partial charge on any atom is 0.162 e. The molecule has 0 radical (unpaired) electrons. The fourth-order valence-electron chi connectivity index (χ4n) is 3.67. The maximum atomic E-state index is 13.0. The van der Waals surface area contributed by atoms with E-state index in [1.807, 2.05) is 25.6 Å². The molecule has 1 rings (SSSR count). The van der Waals surface area contributed by atoms with Crippen LogP contribution in [0.15, 0.2) is 35.3 Å². The Bertz CT molecular complexity index is 712. The van der Waals surface area contributed by atoms with Crippen molar-refractivity contribution in [3.63, 3.8) is 0 Å². The molecule has 5 nitrogen and oxygen atoms in total. The Balaban J connectivity index is 3.08. The molecule has 4 unspecified atom stereocenters. The first-order valence-electron chi connectivity index (χ1n) is 13.2. The third-order valence-corrected chi connectivity index (χ3v) is 7.89. The number of ketones is 1. The van der Waals surface area contributed by atoms with E-state index in [1.54, 1.807) is 14.0 Å². The molecule has 1 aliphatic carbocycles. The summed E-state index contributed by atoms with van der Waals surface area (Å²) in [6.07, 6.45) is 13.6. The smallest absolute Gasteiger partial charge is 0.162 e. The Labute approximate surface area is 219 Å². The molecule has 4 atom stereocenters. The van der Waals surface area contributed by atoms with Gasteiger partial charge in [0.25, 0.3) is 0 Å². The number of allylic oxidation sites excluding steroid dienone is 3. The zero-order valence-corrected chi connectivity index (χ0v) is 24.3. The number of Topliss-reactive ketones (excluding diaryl/α,β-unsaturated/α-hetero) is 1. The summed E-state index contributed by atoms with van der Waals surface area (Å²) in [4.78, 5) is 25.3. The van der Waals surface area contributed by atoms with Gasteiger partial charge in [0.05, 0.1) is 6.61 Å². The molecule has 0 N–H and O–H groups in total. The Hall–Kier alpha value is -0.920. The number of hydrogen-bond donors (Lipinski definition) is 0. The van der Waals surface area contributed by atoms with Crippen LogP contribution in [-0.4, -0.2) is 42.7 Å². The van der Waals surface area contributed by atoms with Crippen molar-refractivity contribution in [3.05, 3.63) is 35.3 Å². The monoisotopic (exact) mass is 510 g/mol. The number of carbonyl (C=O) groups is 1. The lowest BCUT2D eigenvalue weighted by atomic mass is 9.80. The highest BCUT2D eigenvalue weighted by Crippen LogP contribution is 2.39. The van der Waals surface area contributed by atoms with Crippen LogP contribution in [0.4, 0.5) is 0 Å². The van der Waals surface area contributed by atoms with Crippen molar-refractivity contribution in [3.8, 4) is 0 Å². The molecule has 0 aromatic carbocycles. The minimum Gasteiger partial charge on any atom is -0.359 e. The van der Waals surface area contributed by atoms with Gasteiger partial charge in [0.15, 0.2) is 5.78 Å². The lowest BCUT2D eigenvalue weighted by molar-refractivity contribution is -0.341. The summed E-state index contributed by atoms with van der Waals surface area (Å²) in [5.74, 6) is 0.182. The normalized spacial score (nSPS) is 19.8. The Morgan fingerprint density at radius 2 is 1.91 bits per heavy atom. The highest BCUT2D eigenvalue weighted by Gasteiger charge is 2.44. The number of unbranched alkanes of at least 4 members (excludes halogenated alkanes) is 1. The average molecular weight is 511 g/mol. The second kappa shape index (κ2) is 16.0. The van der Waals surface area contributed by atoms with Gasteiger partial charge in [0, 0.05) is 29.6 Å². The van der Waals surface area contributed by atoms with E-state index in [2.05, 4.69) is 52.5 Å². The van der Waals surface area contributed by atoms with Crippen LogP contribution < -0.4 is 0 Å². The summed E-state index contributed by atoms with van der Waals surface area (Å²) in [6, 6.07) is 0. The summed E-state index contributed by atoms with van der Waals surface area (Å²) >= 11 is 1.87. The number of carbonyl (C=O) groups excluding carboxylic acids is 1. The van der Waals surface area contributed by atoms with Crippen LogP contribution >= 0.6 is 11.8 Å². The molecular formula is C29H50O5S. The predicted molar refractivity (Wildman–Crippen MR) is 147 cm³/mol. The van der Waals surface area contributed by atoms with E-state index in [0.29, 0.717) is 17.6 Å². The Morgan fingerprint density at radius 3 is 2.46 bits per heavy atom. The van der Waals surface area contributed by atoms with Crippen LogP contribution in [-0.2, 0) is 24.0 Å². The Morgan fingerprint density at radius 1 is 1.23 bits per heavy atom. The van der Waals surface area contributed by atoms with Crippen molar-refractivity contribution in [2.45, 2.75) is 110 Å². The largest absolute Gasteiger partial charge is 0.359 e. The van der Waals surface area contributed by atoms with Crippen LogP contribution in [0.3, 0.4) is 0 Å². The fraction of sp³-hybridized carbons (Fsp3) is 0.759. The number of methoxy groups -OCH3 is 1. The van der Waals surface area contributed by atoms with Gasteiger partial charge >= 0.3 is 0 Å². The minimum atomic E-state index is -1.11. The highest BCUT2D eigenvalue weighted by atomic mass is 32.2. The molecule has 0 aliphatic heterocycles. The quantitative estimate of drug-likeness (QED) is 0.0720. The molecule has 35 heavy (non-hydrogen) atoms. The third-order valence-electron chi connectivity index (χ3n) is 6.73. The summed E-state index contributed by atoms with van der Waals surface area (Å²) in [7, 11) is 1.56. The van der Waals surface area contributed by atoms with E-state index in [1.165, 1.54) is 19.3 Å². The van der Waals surface area contributed by atoms with E-state index < -0.39 is 5.60 Å². The molecule has 0 heterocycles. The molecule has 1 fully saturated rings. The van der Waals surface area contributed by atoms with Crippen molar-refractivity contribution in [2.75, 3.05) is 20.5 Å². The second-order valence-electron chi connectivity index (χ2n) is 10.4. The first kappa shape index (κ1) is 32.1. The summed E-state index contributed by atoms with van der Waals surface area (Å²) in [5.41, 5.74) is -0.459. The first-order chi connectivity index (χ1) is 16.5. The van der Waals surface area contributed by atoms with E-state index >= 15 is 0 Å². The summed E-state index contributed by atoms with van der Waals surface area (Å²) < 4.78 is 11.3. The lowest BCUT2D eigenvalue weighted by Crippen LogP contribution is -2.48. The van der Waals surface area contributed by atoms with Gasteiger partial charge < -0.3 is 9.47 Å². The third kappa shape index (κ3) is 11.8. The molecule has 0 bridgehead atoms. The highest BCUT2D eigenvalue weighted by molar-refractivity contribution is 8.03. The molecule has 1 saturated carbocycles. The standard InChI is InChI=1S/C29H50O5S/c1-10-12-13-25(6)35-27(15-14-22(3)11-2)18-23(4)19-29(26(7)30,32-21-31-9)24(5)20-33-34-28(8)16-17-28/h14-15,18,22,24-25H,4,10-13,16-17,19-21H2,1-3,5-9H3/b15-14-,27-18+. The molecule has 202 valence electrons. The van der Waals surface area contributed by atoms with Gasteiger partial charge in [0.1, 0.15) is 18.0 Å². The van der Waals surface area contributed by atoms with Crippen molar-refractivity contribution < 1.29 is 24.0 Å². The molecule has 6 heteroatoms. The van der Waals surface area contributed by atoms with Crippen molar-refractivity contribution in [1.82, 2.24) is 0 Å².